The number of oxazole rings is 1. The van der Waals surface area contributed by atoms with Gasteiger partial charge in [0.25, 0.3) is 0 Å². The van der Waals surface area contributed by atoms with Gasteiger partial charge in [0.15, 0.2) is 5.89 Å². The van der Waals surface area contributed by atoms with Gasteiger partial charge in [0.05, 0.1) is 5.69 Å². The molecule has 0 radical (unpaired) electrons. The topological polar surface area (TPSA) is 52.3 Å². The molecule has 328 valence electrons. The molecule has 0 aromatic carbocycles. The quantitative estimate of drug-likeness (QED) is 0.141. The zero-order valence-electron chi connectivity index (χ0n) is 41.2. The standard InChI is InChI=1S/C11H18O.C11H18S.C10H17NO.C10H16O.C10H16S/c2*1-7(2)10-6-9(5)11(12-10)8(3)4;1-6(2)9-8(5)11-10(12-9)7(3)4;2*1-7(2)9-5-6-10(11-9)8(3)4/h2*6-8H,1-5H3;6-7H,1-5H3;2*5-8H,1-4H3. The van der Waals surface area contributed by atoms with Crippen molar-refractivity contribution in [3.05, 3.63) is 107 Å². The number of nitrogens with zero attached hydrogens (tertiary/aromatic N) is 1. The molecule has 0 aliphatic rings. The molecular weight excluding hydrogens is 751 g/mol. The van der Waals surface area contributed by atoms with E-state index in [1.54, 1.807) is 4.88 Å². The summed E-state index contributed by atoms with van der Waals surface area (Å²) >= 11 is 3.92. The summed E-state index contributed by atoms with van der Waals surface area (Å²) in [6, 6.07) is 13.1. The highest BCUT2D eigenvalue weighted by molar-refractivity contribution is 7.12. The van der Waals surface area contributed by atoms with Crippen LogP contribution in [0.25, 0.3) is 0 Å². The summed E-state index contributed by atoms with van der Waals surface area (Å²) in [6.07, 6.45) is 0. The van der Waals surface area contributed by atoms with Crippen molar-refractivity contribution in [3.63, 3.8) is 0 Å². The van der Waals surface area contributed by atoms with E-state index in [-0.39, 0.29) is 0 Å². The second-order valence-corrected chi connectivity index (χ2v) is 21.2. The number of aromatic nitrogens is 1. The fourth-order valence-electron chi connectivity index (χ4n) is 5.95. The minimum Gasteiger partial charge on any atom is -0.466 e. The van der Waals surface area contributed by atoms with E-state index in [9.17, 15) is 0 Å². The van der Waals surface area contributed by atoms with Crippen LogP contribution in [0.5, 0.6) is 0 Å². The van der Waals surface area contributed by atoms with Crippen LogP contribution >= 0.6 is 22.7 Å². The fraction of sp³-hybridized carbons (Fsp3) is 0.635. The number of thiophene rings is 2. The van der Waals surface area contributed by atoms with Crippen LogP contribution in [0.3, 0.4) is 0 Å². The highest BCUT2D eigenvalue weighted by Gasteiger charge is 2.15. The summed E-state index contributed by atoms with van der Waals surface area (Å²) in [6.45, 7) is 50.0. The molecule has 0 bridgehead atoms. The van der Waals surface area contributed by atoms with Crippen LogP contribution in [-0.2, 0) is 0 Å². The third-order valence-electron chi connectivity index (χ3n) is 9.58. The van der Waals surface area contributed by atoms with Gasteiger partial charge in [-0.2, -0.15) is 0 Å². The van der Waals surface area contributed by atoms with Gasteiger partial charge in [-0.25, -0.2) is 4.98 Å². The van der Waals surface area contributed by atoms with Crippen molar-refractivity contribution in [1.82, 2.24) is 4.98 Å². The van der Waals surface area contributed by atoms with Crippen molar-refractivity contribution < 1.29 is 13.3 Å². The Morgan fingerprint density at radius 2 is 0.828 bits per heavy atom. The monoisotopic (exact) mass is 836 g/mol. The molecule has 0 N–H and O–H groups in total. The number of hydrogen-bond acceptors (Lipinski definition) is 6. The minimum absolute atomic E-state index is 0.385. The summed E-state index contributed by atoms with van der Waals surface area (Å²) < 4.78 is 17.0. The van der Waals surface area contributed by atoms with Gasteiger partial charge in [-0.3, -0.25) is 0 Å². The van der Waals surface area contributed by atoms with Crippen LogP contribution < -0.4 is 0 Å². The molecule has 5 heterocycles. The van der Waals surface area contributed by atoms with E-state index in [1.807, 2.05) is 29.6 Å². The molecule has 5 rings (SSSR count). The summed E-state index contributed by atoms with van der Waals surface area (Å²) in [4.78, 5) is 10.5. The second-order valence-electron chi connectivity index (χ2n) is 18.9. The summed E-state index contributed by atoms with van der Waals surface area (Å²) in [5.74, 6) is 11.9. The maximum Gasteiger partial charge on any atom is 0.197 e. The highest BCUT2D eigenvalue weighted by Crippen LogP contribution is 2.33. The predicted octanol–water partition coefficient (Wildman–Crippen LogP) is 18.9. The van der Waals surface area contributed by atoms with Gasteiger partial charge in [-0.1, -0.05) is 138 Å². The van der Waals surface area contributed by atoms with Gasteiger partial charge in [-0.05, 0) is 92.0 Å². The Morgan fingerprint density at radius 3 is 1.05 bits per heavy atom. The first-order valence-electron chi connectivity index (χ1n) is 22.1. The van der Waals surface area contributed by atoms with Crippen molar-refractivity contribution in [2.75, 3.05) is 0 Å². The highest BCUT2D eigenvalue weighted by atomic mass is 32.1. The molecular formula is C52H85NO3S2. The van der Waals surface area contributed by atoms with Gasteiger partial charge in [0.2, 0.25) is 0 Å². The Labute approximate surface area is 365 Å². The van der Waals surface area contributed by atoms with Crippen LogP contribution in [0, 0.1) is 20.8 Å². The molecule has 0 aliphatic carbocycles. The lowest BCUT2D eigenvalue weighted by Crippen LogP contribution is -1.86. The molecule has 0 saturated carbocycles. The van der Waals surface area contributed by atoms with E-state index in [0.29, 0.717) is 59.2 Å². The van der Waals surface area contributed by atoms with Crippen molar-refractivity contribution in [1.29, 1.82) is 0 Å². The van der Waals surface area contributed by atoms with Gasteiger partial charge in [0.1, 0.15) is 28.8 Å². The minimum atomic E-state index is 0.385. The van der Waals surface area contributed by atoms with E-state index in [1.165, 1.54) is 25.8 Å². The van der Waals surface area contributed by atoms with Crippen molar-refractivity contribution in [2.45, 2.75) is 218 Å². The second kappa shape index (κ2) is 25.1. The average molecular weight is 836 g/mol. The van der Waals surface area contributed by atoms with Crippen molar-refractivity contribution >= 4 is 22.7 Å². The van der Waals surface area contributed by atoms with Crippen LogP contribution in [0.2, 0.25) is 0 Å². The molecule has 5 aromatic heterocycles. The van der Waals surface area contributed by atoms with E-state index in [4.69, 9.17) is 13.3 Å². The maximum atomic E-state index is 5.74. The van der Waals surface area contributed by atoms with Crippen LogP contribution in [0.15, 0.2) is 49.6 Å². The summed E-state index contributed by atoms with van der Waals surface area (Å²) in [5.41, 5.74) is 3.79. The average Bonchev–Trinajstić information content (AvgIpc) is 3.95. The Kier molecular flexibility index (Phi) is 23.0. The SMILES string of the molecule is CC(C)c1ccc(C(C)C)o1.CC(C)c1ccc(C(C)C)s1.Cc1cc(C(C)C)oc1C(C)C.Cc1cc(C(C)C)sc1C(C)C.Cc1nc(C(C)C)oc1C(C)C. The molecule has 6 heteroatoms. The van der Waals surface area contributed by atoms with Gasteiger partial charge >= 0.3 is 0 Å². The fourth-order valence-corrected chi connectivity index (χ4v) is 8.15. The van der Waals surface area contributed by atoms with E-state index in [0.717, 1.165) is 40.4 Å². The van der Waals surface area contributed by atoms with Gasteiger partial charge in [-0.15, -0.1) is 22.7 Å². The van der Waals surface area contributed by atoms with E-state index >= 15 is 0 Å². The first-order chi connectivity index (χ1) is 26.8. The molecule has 0 aliphatic heterocycles. The smallest absolute Gasteiger partial charge is 0.197 e. The Balaban J connectivity index is 0.000000363. The van der Waals surface area contributed by atoms with E-state index in [2.05, 4.69) is 194 Å². The first-order valence-corrected chi connectivity index (χ1v) is 23.8. The van der Waals surface area contributed by atoms with Gasteiger partial charge in [0, 0.05) is 55.0 Å². The number of hydrogen-bond donors (Lipinski definition) is 0. The van der Waals surface area contributed by atoms with Crippen molar-refractivity contribution in [2.24, 2.45) is 0 Å². The Hall–Kier alpha value is -2.83. The van der Waals surface area contributed by atoms with Crippen LogP contribution in [0.4, 0.5) is 0 Å². The molecule has 4 nitrogen and oxygen atoms in total. The lowest BCUT2D eigenvalue weighted by molar-refractivity contribution is 0.421. The lowest BCUT2D eigenvalue weighted by Gasteiger charge is -2.02. The largest absolute Gasteiger partial charge is 0.466 e. The van der Waals surface area contributed by atoms with Crippen molar-refractivity contribution in [3.8, 4) is 0 Å². The molecule has 0 spiro atoms. The Morgan fingerprint density at radius 1 is 0.379 bits per heavy atom. The van der Waals surface area contributed by atoms with E-state index < -0.39 is 0 Å². The summed E-state index contributed by atoms with van der Waals surface area (Å²) in [7, 11) is 0. The number of rotatable bonds is 10. The molecule has 0 atom stereocenters. The molecule has 0 saturated heterocycles. The predicted molar refractivity (Wildman–Crippen MR) is 258 cm³/mol. The number of aryl methyl sites for hydroxylation is 3. The van der Waals surface area contributed by atoms with Gasteiger partial charge < -0.3 is 13.3 Å². The van der Waals surface area contributed by atoms with Crippen LogP contribution in [0.1, 0.15) is 269 Å². The molecule has 0 amide bonds. The normalized spacial score (nSPS) is 11.5. The number of furan rings is 2. The Bertz CT molecular complexity index is 1620. The zero-order chi connectivity index (χ0) is 44.8. The summed E-state index contributed by atoms with van der Waals surface area (Å²) in [5, 5.41) is 0. The third-order valence-corrected chi connectivity index (χ3v) is 13.1. The molecule has 0 unspecified atom stereocenters. The first kappa shape index (κ1) is 53.2. The zero-order valence-corrected chi connectivity index (χ0v) is 42.9. The molecule has 58 heavy (non-hydrogen) atoms. The van der Waals surface area contributed by atoms with Crippen LogP contribution in [-0.4, -0.2) is 4.98 Å². The molecule has 5 aromatic rings. The molecule has 0 fully saturated rings. The third kappa shape index (κ3) is 17.4. The maximum absolute atomic E-state index is 5.74. The lowest BCUT2D eigenvalue weighted by atomic mass is 10.1.